The summed E-state index contributed by atoms with van der Waals surface area (Å²) in [4.78, 5) is 28.7. The Morgan fingerprint density at radius 2 is 1.97 bits per heavy atom. The van der Waals surface area contributed by atoms with Gasteiger partial charge in [0.1, 0.15) is 0 Å². The molecule has 0 radical (unpaired) electrons. The minimum Gasteiger partial charge on any atom is -0.349 e. The van der Waals surface area contributed by atoms with E-state index in [1.54, 1.807) is 11.8 Å². The lowest BCUT2D eigenvalue weighted by Gasteiger charge is -2.34. The molecule has 3 atom stereocenters. The molecule has 2 amide bonds. The Morgan fingerprint density at radius 1 is 1.17 bits per heavy atom. The van der Waals surface area contributed by atoms with Gasteiger partial charge in [0, 0.05) is 16.5 Å². The summed E-state index contributed by atoms with van der Waals surface area (Å²) in [6.07, 6.45) is 3.44. The number of nitrogens with one attached hydrogen (secondary N) is 1. The molecule has 4 nitrogen and oxygen atoms in total. The van der Waals surface area contributed by atoms with Crippen LogP contribution in [-0.2, 0) is 11.3 Å². The first-order chi connectivity index (χ1) is 14.4. The summed E-state index contributed by atoms with van der Waals surface area (Å²) in [7, 11) is 0. The highest BCUT2D eigenvalue weighted by molar-refractivity contribution is 8.00. The van der Waals surface area contributed by atoms with Gasteiger partial charge in [-0.15, -0.1) is 11.8 Å². The number of hydrogen-bond acceptors (Lipinski definition) is 3. The van der Waals surface area contributed by atoms with Crippen molar-refractivity contribution in [2.75, 3.05) is 10.7 Å². The molecule has 0 spiro atoms. The number of carbonyl (C=O) groups excluding carboxylic acids is 2. The number of hydrogen-bond donors (Lipinski definition) is 1. The number of benzene rings is 2. The van der Waals surface area contributed by atoms with Crippen LogP contribution in [0.1, 0.15) is 54.6 Å². The van der Waals surface area contributed by atoms with Crippen molar-refractivity contribution in [1.29, 1.82) is 0 Å². The largest absolute Gasteiger partial charge is 0.349 e. The maximum Gasteiger partial charge on any atom is 0.251 e. The summed E-state index contributed by atoms with van der Waals surface area (Å²) in [6, 6.07) is 14.1. The van der Waals surface area contributed by atoms with E-state index in [1.807, 2.05) is 35.2 Å². The topological polar surface area (TPSA) is 49.4 Å². The van der Waals surface area contributed by atoms with Crippen molar-refractivity contribution in [3.05, 3.63) is 59.2 Å². The Balaban J connectivity index is 1.58. The number of anilines is 1. The molecule has 0 unspecified atom stereocenters. The highest BCUT2D eigenvalue weighted by Gasteiger charge is 2.30. The molecule has 2 aromatic carbocycles. The third-order valence-electron chi connectivity index (χ3n) is 6.78. The minimum absolute atomic E-state index is 0.0392. The van der Waals surface area contributed by atoms with Crippen molar-refractivity contribution < 1.29 is 9.59 Å². The standard InChI is InChI=1S/C25H30N2O2S/c1-16-8-6-10-21(18(16)3)26-25(29)19-11-12-23-22(13-19)27(24(28)15-30-23)14-20-9-5-4-7-17(20)2/h4-5,7,9,11-13,16,18,21H,6,8,10,14-15H2,1-3H3,(H,26,29)/t16-,18-,21-/m0/s1. The van der Waals surface area contributed by atoms with Crippen LogP contribution in [0.25, 0.3) is 0 Å². The third-order valence-corrected chi connectivity index (χ3v) is 7.82. The molecule has 1 aliphatic heterocycles. The van der Waals surface area contributed by atoms with Crippen molar-refractivity contribution in [3.8, 4) is 0 Å². The van der Waals surface area contributed by atoms with Crippen LogP contribution >= 0.6 is 11.8 Å². The summed E-state index contributed by atoms with van der Waals surface area (Å²) >= 11 is 1.55. The Kier molecular flexibility index (Phi) is 6.19. The lowest BCUT2D eigenvalue weighted by molar-refractivity contribution is -0.116. The quantitative estimate of drug-likeness (QED) is 0.738. The molecule has 1 aliphatic carbocycles. The smallest absolute Gasteiger partial charge is 0.251 e. The van der Waals surface area contributed by atoms with E-state index >= 15 is 0 Å². The first-order valence-corrected chi connectivity index (χ1v) is 11.8. The molecule has 0 aromatic heterocycles. The number of carbonyl (C=O) groups is 2. The van der Waals surface area contributed by atoms with Gasteiger partial charge in [-0.2, -0.15) is 0 Å². The van der Waals surface area contributed by atoms with Gasteiger partial charge in [-0.05, 0) is 54.5 Å². The molecule has 158 valence electrons. The predicted molar refractivity (Wildman–Crippen MR) is 123 cm³/mol. The minimum atomic E-state index is -0.0392. The highest BCUT2D eigenvalue weighted by Crippen LogP contribution is 2.37. The SMILES string of the molecule is Cc1ccccc1CN1C(=O)CSc2ccc(C(=O)N[C@H]3CCC[C@H](C)[C@@H]3C)cc21. The van der Waals surface area contributed by atoms with E-state index in [-0.39, 0.29) is 17.9 Å². The zero-order valence-electron chi connectivity index (χ0n) is 18.0. The number of aryl methyl sites for hydroxylation is 1. The van der Waals surface area contributed by atoms with Crippen LogP contribution in [0.3, 0.4) is 0 Å². The molecule has 0 bridgehead atoms. The molecular formula is C25H30N2O2S. The number of thioether (sulfide) groups is 1. The van der Waals surface area contributed by atoms with Gasteiger partial charge in [0.25, 0.3) is 5.91 Å². The predicted octanol–water partition coefficient (Wildman–Crippen LogP) is 5.19. The normalized spacial score (nSPS) is 23.8. The molecule has 5 heteroatoms. The van der Waals surface area contributed by atoms with Crippen LogP contribution in [0, 0.1) is 18.8 Å². The van der Waals surface area contributed by atoms with Crippen LogP contribution in [0.5, 0.6) is 0 Å². The summed E-state index contributed by atoms with van der Waals surface area (Å²) in [5, 5.41) is 3.26. The van der Waals surface area contributed by atoms with Gasteiger partial charge in [0.2, 0.25) is 5.91 Å². The maximum absolute atomic E-state index is 13.0. The summed E-state index contributed by atoms with van der Waals surface area (Å²) in [6.45, 7) is 7.10. The Morgan fingerprint density at radius 3 is 2.77 bits per heavy atom. The molecule has 1 N–H and O–H groups in total. The zero-order chi connectivity index (χ0) is 21.3. The molecule has 0 saturated heterocycles. The van der Waals surface area contributed by atoms with E-state index in [2.05, 4.69) is 38.2 Å². The molecule has 2 aliphatic rings. The van der Waals surface area contributed by atoms with Gasteiger partial charge in [-0.25, -0.2) is 0 Å². The van der Waals surface area contributed by atoms with Crippen molar-refractivity contribution in [2.24, 2.45) is 11.8 Å². The van der Waals surface area contributed by atoms with Gasteiger partial charge >= 0.3 is 0 Å². The van der Waals surface area contributed by atoms with Crippen molar-refractivity contribution in [2.45, 2.75) is 57.5 Å². The number of amides is 2. The van der Waals surface area contributed by atoms with Crippen LogP contribution in [-0.4, -0.2) is 23.6 Å². The molecule has 1 heterocycles. The van der Waals surface area contributed by atoms with Gasteiger partial charge in [-0.3, -0.25) is 9.59 Å². The summed E-state index contributed by atoms with van der Waals surface area (Å²) in [5.74, 6) is 1.59. The fourth-order valence-corrected chi connectivity index (χ4v) is 5.43. The Labute approximate surface area is 183 Å². The van der Waals surface area contributed by atoms with Gasteiger partial charge < -0.3 is 10.2 Å². The van der Waals surface area contributed by atoms with Crippen molar-refractivity contribution >= 4 is 29.3 Å². The van der Waals surface area contributed by atoms with Crippen LogP contribution in [0.2, 0.25) is 0 Å². The molecule has 30 heavy (non-hydrogen) atoms. The fraction of sp³-hybridized carbons (Fsp3) is 0.440. The highest BCUT2D eigenvalue weighted by atomic mass is 32.2. The number of fused-ring (bicyclic) bond motifs is 1. The second-order valence-electron chi connectivity index (χ2n) is 8.72. The maximum atomic E-state index is 13.0. The van der Waals surface area contributed by atoms with E-state index in [9.17, 15) is 9.59 Å². The first-order valence-electron chi connectivity index (χ1n) is 10.9. The van der Waals surface area contributed by atoms with E-state index in [1.165, 1.54) is 12.0 Å². The van der Waals surface area contributed by atoms with Crippen molar-refractivity contribution in [3.63, 3.8) is 0 Å². The summed E-state index contributed by atoms with van der Waals surface area (Å²) < 4.78 is 0. The van der Waals surface area contributed by atoms with Crippen LogP contribution in [0.15, 0.2) is 47.4 Å². The third kappa shape index (κ3) is 4.27. The number of nitrogens with zero attached hydrogens (tertiary/aromatic N) is 1. The molecule has 1 fully saturated rings. The molecule has 2 aromatic rings. The van der Waals surface area contributed by atoms with Gasteiger partial charge in [0.15, 0.2) is 0 Å². The second kappa shape index (κ2) is 8.84. The fourth-order valence-electron chi connectivity index (χ4n) is 4.51. The monoisotopic (exact) mass is 422 g/mol. The molecule has 4 rings (SSSR count). The second-order valence-corrected chi connectivity index (χ2v) is 9.74. The van der Waals surface area contributed by atoms with E-state index in [0.29, 0.717) is 29.7 Å². The van der Waals surface area contributed by atoms with Crippen molar-refractivity contribution in [1.82, 2.24) is 5.32 Å². The average Bonchev–Trinajstić information content (AvgIpc) is 2.74. The molecular weight excluding hydrogens is 392 g/mol. The van der Waals surface area contributed by atoms with Gasteiger partial charge in [0.05, 0.1) is 18.0 Å². The van der Waals surface area contributed by atoms with E-state index < -0.39 is 0 Å². The lowest BCUT2D eigenvalue weighted by Crippen LogP contribution is -2.43. The number of rotatable bonds is 4. The Bertz CT molecular complexity index is 958. The van der Waals surface area contributed by atoms with E-state index in [4.69, 9.17) is 0 Å². The Hall–Kier alpha value is -2.27. The summed E-state index contributed by atoms with van der Waals surface area (Å²) in [5.41, 5.74) is 3.77. The zero-order valence-corrected chi connectivity index (χ0v) is 18.8. The van der Waals surface area contributed by atoms with Gasteiger partial charge in [-0.1, -0.05) is 51.0 Å². The first kappa shape index (κ1) is 21.0. The van der Waals surface area contributed by atoms with E-state index in [0.717, 1.165) is 29.0 Å². The average molecular weight is 423 g/mol. The molecule has 1 saturated carbocycles. The van der Waals surface area contributed by atoms with Crippen LogP contribution < -0.4 is 10.2 Å². The van der Waals surface area contributed by atoms with Crippen LogP contribution in [0.4, 0.5) is 5.69 Å². The lowest BCUT2D eigenvalue weighted by atomic mass is 9.78.